The van der Waals surface area contributed by atoms with Gasteiger partial charge in [0.2, 0.25) is 0 Å². The second kappa shape index (κ2) is 5.81. The third kappa shape index (κ3) is 2.99. The molecule has 0 saturated heterocycles. The molecule has 2 aromatic rings. The summed E-state index contributed by atoms with van der Waals surface area (Å²) in [4.78, 5) is 12.4. The average molecular weight is 369 g/mol. The number of nitrogens with one attached hydrogen (secondary N) is 1. The van der Waals surface area contributed by atoms with Crippen molar-refractivity contribution in [1.29, 1.82) is 0 Å². The van der Waals surface area contributed by atoms with E-state index in [0.717, 1.165) is 29.3 Å². The molecule has 21 heavy (non-hydrogen) atoms. The number of hydrogen-bond donors (Lipinski definition) is 1. The van der Waals surface area contributed by atoms with Crippen molar-refractivity contribution in [3.8, 4) is 0 Å². The highest BCUT2D eigenvalue weighted by Crippen LogP contribution is 2.29. The number of nitrogens with zero attached hydrogens (tertiary/aromatic N) is 2. The van der Waals surface area contributed by atoms with Crippen LogP contribution >= 0.6 is 27.5 Å². The van der Waals surface area contributed by atoms with Crippen molar-refractivity contribution in [1.82, 2.24) is 15.1 Å². The number of benzene rings is 1. The smallest absolute Gasteiger partial charge is 0.251 e. The number of halogens is 2. The molecule has 1 heterocycles. The third-order valence-corrected chi connectivity index (χ3v) is 4.48. The Labute approximate surface area is 136 Å². The summed E-state index contributed by atoms with van der Waals surface area (Å²) in [5.74, 6) is -0.111. The van der Waals surface area contributed by atoms with Crippen LogP contribution in [0.5, 0.6) is 0 Å². The van der Waals surface area contributed by atoms with E-state index in [0.29, 0.717) is 10.6 Å². The van der Waals surface area contributed by atoms with Crippen LogP contribution < -0.4 is 5.32 Å². The van der Waals surface area contributed by atoms with Crippen LogP contribution in [-0.4, -0.2) is 15.7 Å². The molecule has 3 rings (SSSR count). The van der Waals surface area contributed by atoms with Gasteiger partial charge in [-0.2, -0.15) is 5.10 Å². The van der Waals surface area contributed by atoms with Gasteiger partial charge in [-0.1, -0.05) is 27.5 Å². The van der Waals surface area contributed by atoms with E-state index in [1.807, 2.05) is 17.9 Å². The van der Waals surface area contributed by atoms with E-state index >= 15 is 0 Å². The number of aryl methyl sites for hydroxylation is 1. The van der Waals surface area contributed by atoms with Crippen LogP contribution in [0.2, 0.25) is 5.02 Å². The number of fused-ring (bicyclic) bond motifs is 1. The molecule has 1 aromatic carbocycles. The van der Waals surface area contributed by atoms with Crippen LogP contribution in [0, 0.1) is 0 Å². The summed E-state index contributed by atoms with van der Waals surface area (Å²) in [6, 6.07) is 5.23. The molecule has 0 radical (unpaired) electrons. The number of hydrogen-bond acceptors (Lipinski definition) is 2. The molecule has 1 aromatic heterocycles. The Hall–Kier alpha value is -1.33. The van der Waals surface area contributed by atoms with Crippen molar-refractivity contribution < 1.29 is 4.79 Å². The maximum Gasteiger partial charge on any atom is 0.251 e. The molecule has 1 aliphatic carbocycles. The number of amides is 1. The fourth-order valence-electron chi connectivity index (χ4n) is 2.78. The minimum Gasteiger partial charge on any atom is -0.345 e. The molecule has 0 aliphatic heterocycles. The minimum atomic E-state index is -0.111. The van der Waals surface area contributed by atoms with Crippen molar-refractivity contribution in [3.05, 3.63) is 50.7 Å². The topological polar surface area (TPSA) is 46.9 Å². The van der Waals surface area contributed by atoms with E-state index in [1.165, 1.54) is 5.69 Å². The lowest BCUT2D eigenvalue weighted by atomic mass is 9.93. The molecule has 0 spiro atoms. The standard InChI is InChI=1S/C15H15BrClN3O/c1-20-14-4-2-3-13(12(14)8-18-20)19-15(21)9-5-10(16)7-11(17)6-9/h5-8,13H,2-4H2,1H3,(H,19,21). The summed E-state index contributed by atoms with van der Waals surface area (Å²) in [6.07, 6.45) is 4.86. The Bertz CT molecular complexity index is 678. The van der Waals surface area contributed by atoms with Crippen molar-refractivity contribution in [2.24, 2.45) is 7.05 Å². The first kappa shape index (κ1) is 14.6. The largest absolute Gasteiger partial charge is 0.345 e. The van der Waals surface area contributed by atoms with Crippen LogP contribution in [0.25, 0.3) is 0 Å². The monoisotopic (exact) mass is 367 g/mol. The number of aromatic nitrogens is 2. The Kier molecular flexibility index (Phi) is 4.04. The van der Waals surface area contributed by atoms with Crippen LogP contribution in [0.1, 0.15) is 40.5 Å². The Morgan fingerprint density at radius 1 is 1.48 bits per heavy atom. The second-order valence-corrected chi connectivity index (χ2v) is 6.60. The SMILES string of the molecule is Cn1ncc2c1CCCC2NC(=O)c1cc(Cl)cc(Br)c1. The molecule has 4 nitrogen and oxygen atoms in total. The molecule has 1 aliphatic rings. The molecule has 110 valence electrons. The predicted octanol–water partition coefficient (Wildman–Crippen LogP) is 3.64. The number of carbonyl (C=O) groups excluding carboxylic acids is 1. The van der Waals surface area contributed by atoms with Crippen LogP contribution in [0.3, 0.4) is 0 Å². The lowest BCUT2D eigenvalue weighted by Crippen LogP contribution is -2.31. The summed E-state index contributed by atoms with van der Waals surface area (Å²) in [5, 5.41) is 7.92. The van der Waals surface area contributed by atoms with E-state index in [4.69, 9.17) is 11.6 Å². The zero-order valence-corrected chi connectivity index (χ0v) is 13.9. The molecular formula is C15H15BrClN3O. The Balaban J connectivity index is 1.82. The highest BCUT2D eigenvalue weighted by molar-refractivity contribution is 9.10. The van der Waals surface area contributed by atoms with Crippen molar-refractivity contribution in [2.75, 3.05) is 0 Å². The first-order valence-corrected chi connectivity index (χ1v) is 7.99. The number of carbonyl (C=O) groups is 1. The zero-order valence-electron chi connectivity index (χ0n) is 11.6. The van der Waals surface area contributed by atoms with Crippen molar-refractivity contribution >= 4 is 33.4 Å². The van der Waals surface area contributed by atoms with Crippen LogP contribution in [0.15, 0.2) is 28.9 Å². The molecule has 0 fully saturated rings. The predicted molar refractivity (Wildman–Crippen MR) is 85.5 cm³/mol. The Morgan fingerprint density at radius 3 is 3.05 bits per heavy atom. The minimum absolute atomic E-state index is 0.0210. The quantitative estimate of drug-likeness (QED) is 0.879. The summed E-state index contributed by atoms with van der Waals surface area (Å²) in [6.45, 7) is 0. The number of rotatable bonds is 2. The Morgan fingerprint density at radius 2 is 2.29 bits per heavy atom. The first-order valence-electron chi connectivity index (χ1n) is 6.82. The van der Waals surface area contributed by atoms with E-state index in [1.54, 1.807) is 18.2 Å². The molecule has 0 saturated carbocycles. The molecule has 0 bridgehead atoms. The highest BCUT2D eigenvalue weighted by atomic mass is 79.9. The molecule has 6 heteroatoms. The molecule has 1 unspecified atom stereocenters. The molecule has 1 N–H and O–H groups in total. The molecule has 1 amide bonds. The van der Waals surface area contributed by atoms with E-state index < -0.39 is 0 Å². The first-order chi connectivity index (χ1) is 10.0. The van der Waals surface area contributed by atoms with Crippen molar-refractivity contribution in [2.45, 2.75) is 25.3 Å². The van der Waals surface area contributed by atoms with Gasteiger partial charge >= 0.3 is 0 Å². The van der Waals surface area contributed by atoms with Gasteiger partial charge in [-0.15, -0.1) is 0 Å². The zero-order chi connectivity index (χ0) is 15.0. The van der Waals surface area contributed by atoms with Gasteiger partial charge in [0, 0.05) is 33.4 Å². The van der Waals surface area contributed by atoms with Gasteiger partial charge in [0.05, 0.1) is 12.2 Å². The lowest BCUT2D eigenvalue weighted by molar-refractivity contribution is 0.0932. The van der Waals surface area contributed by atoms with Gasteiger partial charge in [-0.25, -0.2) is 0 Å². The molecular weight excluding hydrogens is 354 g/mol. The van der Waals surface area contributed by atoms with Gasteiger partial charge < -0.3 is 5.32 Å². The van der Waals surface area contributed by atoms with Gasteiger partial charge in [-0.3, -0.25) is 9.48 Å². The van der Waals surface area contributed by atoms with Gasteiger partial charge in [0.15, 0.2) is 0 Å². The second-order valence-electron chi connectivity index (χ2n) is 5.25. The van der Waals surface area contributed by atoms with E-state index in [9.17, 15) is 4.79 Å². The van der Waals surface area contributed by atoms with Crippen LogP contribution in [0.4, 0.5) is 0 Å². The summed E-state index contributed by atoms with van der Waals surface area (Å²) >= 11 is 9.36. The fourth-order valence-corrected chi connectivity index (χ4v) is 3.64. The van der Waals surface area contributed by atoms with E-state index in [2.05, 4.69) is 26.3 Å². The lowest BCUT2D eigenvalue weighted by Gasteiger charge is -2.24. The third-order valence-electron chi connectivity index (χ3n) is 3.81. The normalized spacial score (nSPS) is 17.4. The fraction of sp³-hybridized carbons (Fsp3) is 0.333. The highest BCUT2D eigenvalue weighted by Gasteiger charge is 2.25. The average Bonchev–Trinajstić information content (AvgIpc) is 2.81. The summed E-state index contributed by atoms with van der Waals surface area (Å²) in [7, 11) is 1.94. The maximum absolute atomic E-state index is 12.4. The van der Waals surface area contributed by atoms with Gasteiger partial charge in [0.25, 0.3) is 5.91 Å². The van der Waals surface area contributed by atoms with Crippen LogP contribution in [-0.2, 0) is 13.5 Å². The maximum atomic E-state index is 12.4. The summed E-state index contributed by atoms with van der Waals surface area (Å²) in [5.41, 5.74) is 2.89. The van der Waals surface area contributed by atoms with Gasteiger partial charge in [-0.05, 0) is 37.5 Å². The van der Waals surface area contributed by atoms with Gasteiger partial charge in [0.1, 0.15) is 0 Å². The summed E-state index contributed by atoms with van der Waals surface area (Å²) < 4.78 is 2.69. The van der Waals surface area contributed by atoms with E-state index in [-0.39, 0.29) is 11.9 Å². The van der Waals surface area contributed by atoms with Crippen molar-refractivity contribution in [3.63, 3.8) is 0 Å². The molecule has 1 atom stereocenters.